The minimum atomic E-state index is -4.24. The fourth-order valence-electron chi connectivity index (χ4n) is 2.19. The molecule has 21 heavy (non-hydrogen) atoms. The second-order valence-corrected chi connectivity index (χ2v) is 5.66. The minimum absolute atomic E-state index is 0.151. The highest BCUT2D eigenvalue weighted by Gasteiger charge is 2.33. The Bertz CT molecular complexity index is 527. The highest BCUT2D eigenvalue weighted by molar-refractivity contribution is 9.10. The van der Waals surface area contributed by atoms with Crippen molar-refractivity contribution in [1.29, 1.82) is 0 Å². The summed E-state index contributed by atoms with van der Waals surface area (Å²) < 4.78 is 50.5. The van der Waals surface area contributed by atoms with Crippen LogP contribution in [0, 0.1) is 5.82 Å². The number of piperazine rings is 1. The lowest BCUT2D eigenvalue weighted by Gasteiger charge is -2.35. The second-order valence-electron chi connectivity index (χ2n) is 4.81. The van der Waals surface area contributed by atoms with Crippen LogP contribution in [0.25, 0.3) is 0 Å². The van der Waals surface area contributed by atoms with Crippen molar-refractivity contribution in [1.82, 2.24) is 9.80 Å². The first-order chi connectivity index (χ1) is 9.76. The zero-order valence-corrected chi connectivity index (χ0v) is 12.5. The number of carbonyl (C=O) groups excluding carboxylic acids is 1. The molecule has 8 heteroatoms. The molecule has 0 spiro atoms. The zero-order chi connectivity index (χ0) is 15.6. The molecule has 1 amide bonds. The molecule has 3 nitrogen and oxygen atoms in total. The van der Waals surface area contributed by atoms with Gasteiger partial charge >= 0.3 is 6.18 Å². The third-order valence-electron chi connectivity index (χ3n) is 3.22. The maximum absolute atomic E-state index is 13.2. The van der Waals surface area contributed by atoms with Gasteiger partial charge in [-0.1, -0.05) is 0 Å². The standard InChI is InChI=1S/C13H13BrF4N2O/c14-11-2-1-9(15)7-10(11)12(21)20-5-3-19(4-6-20)8-13(16,17)18/h1-2,7H,3-6,8H2. The molecule has 1 saturated heterocycles. The molecule has 2 rings (SSSR count). The number of nitrogens with zero attached hydrogens (tertiary/aromatic N) is 2. The Morgan fingerprint density at radius 3 is 2.38 bits per heavy atom. The smallest absolute Gasteiger partial charge is 0.336 e. The third-order valence-corrected chi connectivity index (χ3v) is 3.91. The number of alkyl halides is 3. The Labute approximate surface area is 127 Å². The van der Waals surface area contributed by atoms with Crippen molar-refractivity contribution in [3.8, 4) is 0 Å². The van der Waals surface area contributed by atoms with Gasteiger partial charge in [-0.25, -0.2) is 4.39 Å². The third kappa shape index (κ3) is 4.41. The van der Waals surface area contributed by atoms with Crippen LogP contribution >= 0.6 is 15.9 Å². The highest BCUT2D eigenvalue weighted by Crippen LogP contribution is 2.21. The molecule has 0 aromatic heterocycles. The van der Waals surface area contributed by atoms with E-state index in [0.717, 1.165) is 6.07 Å². The molecular formula is C13H13BrF4N2O. The molecule has 0 radical (unpaired) electrons. The van der Waals surface area contributed by atoms with Crippen molar-refractivity contribution < 1.29 is 22.4 Å². The summed E-state index contributed by atoms with van der Waals surface area (Å²) in [6, 6.07) is 3.78. The van der Waals surface area contributed by atoms with E-state index in [9.17, 15) is 22.4 Å². The van der Waals surface area contributed by atoms with Gasteiger partial charge < -0.3 is 4.90 Å². The summed E-state index contributed by atoms with van der Waals surface area (Å²) in [5, 5.41) is 0. The quantitative estimate of drug-likeness (QED) is 0.749. The molecule has 1 aliphatic rings. The number of benzene rings is 1. The molecule has 0 atom stereocenters. The summed E-state index contributed by atoms with van der Waals surface area (Å²) in [5.74, 6) is -0.912. The van der Waals surface area contributed by atoms with Crippen LogP contribution in [0.2, 0.25) is 0 Å². The lowest BCUT2D eigenvalue weighted by Crippen LogP contribution is -2.51. The molecule has 1 aliphatic heterocycles. The molecule has 1 aromatic rings. The number of amides is 1. The lowest BCUT2D eigenvalue weighted by molar-refractivity contribution is -0.148. The van der Waals surface area contributed by atoms with E-state index in [1.54, 1.807) is 0 Å². The second kappa shape index (κ2) is 6.31. The predicted octanol–water partition coefficient (Wildman–Crippen LogP) is 2.91. The van der Waals surface area contributed by atoms with Crippen LogP contribution in [-0.4, -0.2) is 54.6 Å². The fraction of sp³-hybridized carbons (Fsp3) is 0.462. The van der Waals surface area contributed by atoms with E-state index in [2.05, 4.69) is 15.9 Å². The molecule has 1 aromatic carbocycles. The zero-order valence-electron chi connectivity index (χ0n) is 11.0. The van der Waals surface area contributed by atoms with Crippen molar-refractivity contribution in [2.75, 3.05) is 32.7 Å². The first-order valence-corrected chi connectivity index (χ1v) is 7.09. The monoisotopic (exact) mass is 368 g/mol. The Hall–Kier alpha value is -1.15. The van der Waals surface area contributed by atoms with Crippen LogP contribution < -0.4 is 0 Å². The van der Waals surface area contributed by atoms with Crippen LogP contribution in [0.4, 0.5) is 17.6 Å². The van der Waals surface area contributed by atoms with Gasteiger partial charge in [0.05, 0.1) is 12.1 Å². The Morgan fingerprint density at radius 1 is 1.19 bits per heavy atom. The normalized spacial score (nSPS) is 17.1. The molecule has 0 aliphatic carbocycles. The Balaban J connectivity index is 1.99. The lowest BCUT2D eigenvalue weighted by atomic mass is 10.1. The molecule has 1 fully saturated rings. The maximum Gasteiger partial charge on any atom is 0.401 e. The highest BCUT2D eigenvalue weighted by atomic mass is 79.9. The van der Waals surface area contributed by atoms with Crippen molar-refractivity contribution >= 4 is 21.8 Å². The van der Waals surface area contributed by atoms with E-state index in [1.165, 1.54) is 21.9 Å². The molecular weight excluding hydrogens is 356 g/mol. The van der Waals surface area contributed by atoms with Crippen molar-refractivity contribution in [2.24, 2.45) is 0 Å². The van der Waals surface area contributed by atoms with Crippen LogP contribution in [0.3, 0.4) is 0 Å². The molecule has 0 saturated carbocycles. The van der Waals surface area contributed by atoms with Gasteiger partial charge in [0.1, 0.15) is 5.82 Å². The van der Waals surface area contributed by atoms with Gasteiger partial charge in [-0.15, -0.1) is 0 Å². The van der Waals surface area contributed by atoms with Gasteiger partial charge in [-0.2, -0.15) is 13.2 Å². The van der Waals surface area contributed by atoms with E-state index in [4.69, 9.17) is 0 Å². The molecule has 0 unspecified atom stereocenters. The number of hydrogen-bond donors (Lipinski definition) is 0. The van der Waals surface area contributed by atoms with Crippen molar-refractivity contribution in [3.05, 3.63) is 34.1 Å². The summed E-state index contributed by atoms with van der Waals surface area (Å²) in [6.45, 7) is -0.287. The first kappa shape index (κ1) is 16.2. The van der Waals surface area contributed by atoms with Crippen LogP contribution in [0.5, 0.6) is 0 Å². The van der Waals surface area contributed by atoms with Gasteiger partial charge in [0.25, 0.3) is 5.91 Å². The topological polar surface area (TPSA) is 23.6 Å². The first-order valence-electron chi connectivity index (χ1n) is 6.30. The molecule has 116 valence electrons. The van der Waals surface area contributed by atoms with Gasteiger partial charge in [0.15, 0.2) is 0 Å². The maximum atomic E-state index is 13.2. The van der Waals surface area contributed by atoms with E-state index in [0.29, 0.717) is 4.47 Å². The van der Waals surface area contributed by atoms with Crippen LogP contribution in [0.15, 0.2) is 22.7 Å². The molecule has 1 heterocycles. The summed E-state index contributed by atoms with van der Waals surface area (Å²) >= 11 is 3.18. The number of halogens is 5. The van der Waals surface area contributed by atoms with Crippen LogP contribution in [0.1, 0.15) is 10.4 Å². The van der Waals surface area contributed by atoms with Crippen molar-refractivity contribution in [2.45, 2.75) is 6.18 Å². The summed E-state index contributed by atoms with van der Waals surface area (Å²) in [5.41, 5.74) is 0.180. The number of rotatable bonds is 2. The van der Waals surface area contributed by atoms with E-state index in [-0.39, 0.29) is 37.6 Å². The van der Waals surface area contributed by atoms with Gasteiger partial charge in [-0.3, -0.25) is 9.69 Å². The van der Waals surface area contributed by atoms with Crippen molar-refractivity contribution in [3.63, 3.8) is 0 Å². The summed E-state index contributed by atoms with van der Waals surface area (Å²) in [6.07, 6.45) is -4.24. The Kier molecular flexibility index (Phi) is 4.88. The predicted molar refractivity (Wildman–Crippen MR) is 72.5 cm³/mol. The van der Waals surface area contributed by atoms with E-state index in [1.807, 2.05) is 0 Å². The van der Waals surface area contributed by atoms with E-state index < -0.39 is 18.5 Å². The number of carbonyl (C=O) groups is 1. The van der Waals surface area contributed by atoms with E-state index >= 15 is 0 Å². The summed E-state index contributed by atoms with van der Waals surface area (Å²) in [4.78, 5) is 14.9. The van der Waals surface area contributed by atoms with Gasteiger partial charge in [0, 0.05) is 30.7 Å². The average Bonchev–Trinajstić information content (AvgIpc) is 2.40. The SMILES string of the molecule is O=C(c1cc(F)ccc1Br)N1CCN(CC(F)(F)F)CC1. The van der Waals surface area contributed by atoms with Crippen LogP contribution in [-0.2, 0) is 0 Å². The largest absolute Gasteiger partial charge is 0.401 e. The summed E-state index contributed by atoms with van der Waals surface area (Å²) in [7, 11) is 0. The van der Waals surface area contributed by atoms with Gasteiger partial charge in [-0.05, 0) is 34.1 Å². The minimum Gasteiger partial charge on any atom is -0.336 e. The molecule has 0 N–H and O–H groups in total. The Morgan fingerprint density at radius 2 is 1.81 bits per heavy atom. The van der Waals surface area contributed by atoms with Gasteiger partial charge in [0.2, 0.25) is 0 Å². The average molecular weight is 369 g/mol. The molecule has 0 bridgehead atoms. The fourth-order valence-corrected chi connectivity index (χ4v) is 2.61. The number of hydrogen-bond acceptors (Lipinski definition) is 2.